The Bertz CT molecular complexity index is 1080. The van der Waals surface area contributed by atoms with Crippen LogP contribution in [0.15, 0.2) is 58.3 Å². The fourth-order valence-electron chi connectivity index (χ4n) is 2.67. The highest BCUT2D eigenvalue weighted by molar-refractivity contribution is 7.98. The van der Waals surface area contributed by atoms with Gasteiger partial charge in [0.1, 0.15) is 6.54 Å². The minimum Gasteiger partial charge on any atom is -0.348 e. The number of hydrogen-bond donors (Lipinski definition) is 1. The van der Waals surface area contributed by atoms with Gasteiger partial charge in [0.2, 0.25) is 15.9 Å². The van der Waals surface area contributed by atoms with Crippen LogP contribution < -0.4 is 9.62 Å². The van der Waals surface area contributed by atoms with Crippen molar-refractivity contribution in [2.75, 3.05) is 29.6 Å². The Balaban J connectivity index is 2.15. The summed E-state index contributed by atoms with van der Waals surface area (Å²) < 4.78 is 48.6. The third kappa shape index (κ3) is 6.48. The normalized spacial score (nSPS) is 13.0. The number of sulfonamides is 1. The Morgan fingerprint density at radius 2 is 1.69 bits per heavy atom. The van der Waals surface area contributed by atoms with Crippen LogP contribution in [0.5, 0.6) is 0 Å². The molecule has 0 saturated heterocycles. The molecule has 29 heavy (non-hydrogen) atoms. The lowest BCUT2D eigenvalue weighted by Crippen LogP contribution is -2.41. The van der Waals surface area contributed by atoms with E-state index in [0.717, 1.165) is 21.7 Å². The van der Waals surface area contributed by atoms with Crippen molar-refractivity contribution in [3.8, 4) is 0 Å². The van der Waals surface area contributed by atoms with Crippen LogP contribution in [0.4, 0.5) is 5.69 Å². The first-order valence-corrected chi connectivity index (χ1v) is 13.6. The fraction of sp³-hybridized carbons (Fsp3) is 0.316. The molecule has 2 aromatic carbocycles. The number of nitrogens with zero attached hydrogens (tertiary/aromatic N) is 1. The lowest BCUT2D eigenvalue weighted by Gasteiger charge is -2.23. The van der Waals surface area contributed by atoms with Gasteiger partial charge < -0.3 is 5.32 Å². The molecule has 0 aromatic heterocycles. The third-order valence-electron chi connectivity index (χ3n) is 4.21. The molecule has 0 radical (unpaired) electrons. The molecule has 1 amide bonds. The van der Waals surface area contributed by atoms with Gasteiger partial charge in [0.25, 0.3) is 0 Å². The van der Waals surface area contributed by atoms with E-state index in [9.17, 15) is 21.6 Å². The molecule has 1 atom stereocenters. The van der Waals surface area contributed by atoms with Crippen molar-refractivity contribution in [1.29, 1.82) is 0 Å². The quantitative estimate of drug-likeness (QED) is 0.613. The Hall–Kier alpha value is -2.04. The molecule has 1 N–H and O–H groups in total. The van der Waals surface area contributed by atoms with Gasteiger partial charge in [0.15, 0.2) is 9.84 Å². The molecule has 0 bridgehead atoms. The van der Waals surface area contributed by atoms with Gasteiger partial charge in [-0.05, 0) is 49.1 Å². The second kappa shape index (κ2) is 9.19. The number of carbonyl (C=O) groups is 1. The number of sulfone groups is 1. The highest BCUT2D eigenvalue weighted by Crippen LogP contribution is 2.24. The SMILES string of the molecule is CSc1cccc(N(CC(=O)N[C@H](C)c2ccc(S(C)(=O)=O)cc2)S(C)(=O)=O)c1. The van der Waals surface area contributed by atoms with Gasteiger partial charge in [0, 0.05) is 11.2 Å². The standard InChI is InChI=1S/C19H24N2O5S3/c1-14(15-8-10-18(11-9-15)28(3,23)24)20-19(22)13-21(29(4,25)26)16-6-5-7-17(12-16)27-2/h5-12,14H,13H2,1-4H3,(H,20,22)/t14-/m1/s1. The zero-order valence-corrected chi connectivity index (χ0v) is 19.1. The average molecular weight is 457 g/mol. The number of thioether (sulfide) groups is 1. The number of nitrogens with one attached hydrogen (secondary N) is 1. The summed E-state index contributed by atoms with van der Waals surface area (Å²) in [5.41, 5.74) is 1.13. The van der Waals surface area contributed by atoms with Crippen molar-refractivity contribution in [3.05, 3.63) is 54.1 Å². The topological polar surface area (TPSA) is 101 Å². The third-order valence-corrected chi connectivity index (χ3v) is 7.21. The van der Waals surface area contributed by atoms with Gasteiger partial charge >= 0.3 is 0 Å². The minimum atomic E-state index is -3.66. The van der Waals surface area contributed by atoms with Crippen molar-refractivity contribution in [2.24, 2.45) is 0 Å². The molecule has 0 fully saturated rings. The molecule has 2 rings (SSSR count). The van der Waals surface area contributed by atoms with E-state index in [0.29, 0.717) is 11.3 Å². The first-order valence-electron chi connectivity index (χ1n) is 8.63. The summed E-state index contributed by atoms with van der Waals surface area (Å²) in [4.78, 5) is 13.6. The van der Waals surface area contributed by atoms with E-state index in [4.69, 9.17) is 0 Å². The van der Waals surface area contributed by atoms with Crippen LogP contribution >= 0.6 is 11.8 Å². The number of amides is 1. The van der Waals surface area contributed by atoms with Gasteiger partial charge in [-0.25, -0.2) is 16.8 Å². The molecule has 10 heteroatoms. The fourth-order valence-corrected chi connectivity index (χ4v) is 4.60. The van der Waals surface area contributed by atoms with Crippen LogP contribution in [0.1, 0.15) is 18.5 Å². The number of anilines is 1. The Kier molecular flexibility index (Phi) is 7.36. The van der Waals surface area contributed by atoms with Crippen molar-refractivity contribution in [2.45, 2.75) is 22.8 Å². The Labute approximate surface area is 176 Å². The second-order valence-electron chi connectivity index (χ2n) is 6.60. The summed E-state index contributed by atoms with van der Waals surface area (Å²) in [7, 11) is -6.96. The zero-order valence-electron chi connectivity index (χ0n) is 16.6. The molecule has 7 nitrogen and oxygen atoms in total. The number of rotatable bonds is 8. The number of benzene rings is 2. The lowest BCUT2D eigenvalue weighted by atomic mass is 10.1. The summed E-state index contributed by atoms with van der Waals surface area (Å²) >= 11 is 1.48. The summed E-state index contributed by atoms with van der Waals surface area (Å²) in [6, 6.07) is 12.7. The first-order chi connectivity index (χ1) is 13.4. The predicted molar refractivity (Wildman–Crippen MR) is 117 cm³/mol. The first kappa shape index (κ1) is 23.2. The summed E-state index contributed by atoms with van der Waals surface area (Å²) in [5, 5.41) is 2.76. The highest BCUT2D eigenvalue weighted by atomic mass is 32.2. The molecule has 0 saturated carbocycles. The van der Waals surface area contributed by atoms with Crippen molar-refractivity contribution < 1.29 is 21.6 Å². The van der Waals surface area contributed by atoms with Crippen LogP contribution in [-0.2, 0) is 24.7 Å². The maximum absolute atomic E-state index is 12.5. The molecule has 0 aliphatic carbocycles. The molecule has 0 aliphatic heterocycles. The lowest BCUT2D eigenvalue weighted by molar-refractivity contribution is -0.120. The zero-order chi connectivity index (χ0) is 21.8. The van der Waals surface area contributed by atoms with Crippen LogP contribution in [0.2, 0.25) is 0 Å². The van der Waals surface area contributed by atoms with E-state index in [1.165, 1.54) is 23.9 Å². The van der Waals surface area contributed by atoms with E-state index < -0.39 is 31.8 Å². The number of hydrogen-bond acceptors (Lipinski definition) is 6. The van der Waals surface area contributed by atoms with Crippen LogP contribution in [0, 0.1) is 0 Å². The summed E-state index contributed by atoms with van der Waals surface area (Å²) in [5.74, 6) is -0.468. The smallest absolute Gasteiger partial charge is 0.241 e. The monoisotopic (exact) mass is 456 g/mol. The minimum absolute atomic E-state index is 0.191. The van der Waals surface area contributed by atoms with Crippen molar-refractivity contribution in [1.82, 2.24) is 5.32 Å². The Morgan fingerprint density at radius 3 is 2.21 bits per heavy atom. The molecule has 158 valence electrons. The van der Waals surface area contributed by atoms with Gasteiger partial charge in [-0.2, -0.15) is 0 Å². The molecular formula is C19H24N2O5S3. The van der Waals surface area contributed by atoms with Crippen molar-refractivity contribution in [3.63, 3.8) is 0 Å². The van der Waals surface area contributed by atoms with E-state index in [2.05, 4.69) is 5.32 Å². The van der Waals surface area contributed by atoms with Crippen LogP contribution in [0.25, 0.3) is 0 Å². The second-order valence-corrected chi connectivity index (χ2v) is 11.4. The predicted octanol–water partition coefficient (Wildman–Crippen LogP) is 2.46. The van der Waals surface area contributed by atoms with Crippen LogP contribution in [0.3, 0.4) is 0 Å². The van der Waals surface area contributed by atoms with Crippen LogP contribution in [-0.4, -0.2) is 48.1 Å². The highest BCUT2D eigenvalue weighted by Gasteiger charge is 2.22. The maximum atomic E-state index is 12.5. The van der Waals surface area contributed by atoms with E-state index in [-0.39, 0.29) is 11.4 Å². The molecule has 0 heterocycles. The van der Waals surface area contributed by atoms with E-state index in [1.54, 1.807) is 37.3 Å². The molecular weight excluding hydrogens is 432 g/mol. The summed E-state index contributed by atoms with van der Waals surface area (Å²) in [6.07, 6.45) is 4.06. The molecule has 0 aliphatic rings. The maximum Gasteiger partial charge on any atom is 0.241 e. The molecule has 0 unspecified atom stereocenters. The largest absolute Gasteiger partial charge is 0.348 e. The van der Waals surface area contributed by atoms with Crippen molar-refractivity contribution >= 4 is 43.2 Å². The van der Waals surface area contributed by atoms with Gasteiger partial charge in [-0.1, -0.05) is 18.2 Å². The summed E-state index contributed by atoms with van der Waals surface area (Å²) in [6.45, 7) is 1.38. The molecule has 2 aromatic rings. The average Bonchev–Trinajstić information content (AvgIpc) is 2.64. The molecule has 0 spiro atoms. The van der Waals surface area contributed by atoms with Gasteiger partial charge in [0.05, 0.1) is 22.9 Å². The number of carbonyl (C=O) groups excluding carboxylic acids is 1. The Morgan fingerprint density at radius 1 is 1.07 bits per heavy atom. The van der Waals surface area contributed by atoms with Gasteiger partial charge in [-0.15, -0.1) is 11.8 Å². The van der Waals surface area contributed by atoms with E-state index in [1.807, 2.05) is 12.3 Å². The van der Waals surface area contributed by atoms with E-state index >= 15 is 0 Å². The van der Waals surface area contributed by atoms with Gasteiger partial charge in [-0.3, -0.25) is 9.10 Å².